The fourth-order valence-electron chi connectivity index (χ4n) is 1.16. The van der Waals surface area contributed by atoms with Gasteiger partial charge in [-0.2, -0.15) is 0 Å². The van der Waals surface area contributed by atoms with E-state index in [4.69, 9.17) is 0 Å². The first-order valence-corrected chi connectivity index (χ1v) is 6.79. The van der Waals surface area contributed by atoms with E-state index in [-0.39, 0.29) is 11.4 Å². The van der Waals surface area contributed by atoms with Crippen LogP contribution in [-0.4, -0.2) is 9.85 Å². The number of rotatable bonds is 2. The van der Waals surface area contributed by atoms with Crippen molar-refractivity contribution in [2.75, 3.05) is 0 Å². The van der Waals surface area contributed by atoms with E-state index in [2.05, 4.69) is 31.9 Å². The van der Waals surface area contributed by atoms with E-state index in [0.29, 0.717) is 4.47 Å². The summed E-state index contributed by atoms with van der Waals surface area (Å²) in [5.74, 6) is 0. The number of nitro groups is 2. The third-order valence-corrected chi connectivity index (χ3v) is 3.29. The number of halogens is 2. The molecule has 0 heterocycles. The van der Waals surface area contributed by atoms with Crippen molar-refractivity contribution >= 4 is 43.2 Å². The van der Waals surface area contributed by atoms with Gasteiger partial charge in [0.25, 0.3) is 11.4 Å². The average Bonchev–Trinajstić information content (AvgIpc) is 2.40. The van der Waals surface area contributed by atoms with Gasteiger partial charge in [-0.25, -0.2) is 0 Å². The quantitative estimate of drug-likeness (QED) is 0.536. The lowest BCUT2D eigenvalue weighted by atomic mass is 10.3. The summed E-state index contributed by atoms with van der Waals surface area (Å²) in [5, 5.41) is 20.3. The number of hydrogen-bond donors (Lipinski definition) is 0. The molecule has 20 heavy (non-hydrogen) atoms. The average molecular weight is 404 g/mol. The maximum absolute atomic E-state index is 10.2. The molecule has 0 amide bonds. The van der Waals surface area contributed by atoms with Gasteiger partial charge in [-0.15, -0.1) is 0 Å². The number of para-hydroxylation sites is 1. The highest BCUT2D eigenvalue weighted by molar-refractivity contribution is 9.10. The van der Waals surface area contributed by atoms with Crippen molar-refractivity contribution in [3.63, 3.8) is 0 Å². The van der Waals surface area contributed by atoms with E-state index in [1.54, 1.807) is 30.3 Å². The monoisotopic (exact) mass is 402 g/mol. The van der Waals surface area contributed by atoms with Gasteiger partial charge in [-0.05, 0) is 34.1 Å². The standard InChI is InChI=1S/2C6H4BrNO2/c7-5-1-3-6(4-2-5)8(9)10;7-5-3-1-2-4-6(5)8(9)10/h2*1-4H. The summed E-state index contributed by atoms with van der Waals surface area (Å²) in [4.78, 5) is 19.4. The summed E-state index contributed by atoms with van der Waals surface area (Å²) in [6.45, 7) is 0. The SMILES string of the molecule is O=[N+]([O-])c1ccc(Br)cc1.O=[N+]([O-])c1ccccc1Br. The first kappa shape index (κ1) is 16.3. The second-order valence-corrected chi connectivity index (χ2v) is 5.21. The highest BCUT2D eigenvalue weighted by Gasteiger charge is 2.07. The molecule has 0 saturated heterocycles. The summed E-state index contributed by atoms with van der Waals surface area (Å²) in [5.41, 5.74) is 0.214. The summed E-state index contributed by atoms with van der Waals surface area (Å²) in [6.07, 6.45) is 0. The molecule has 0 aromatic heterocycles. The van der Waals surface area contributed by atoms with Crippen molar-refractivity contribution in [3.8, 4) is 0 Å². The minimum Gasteiger partial charge on any atom is -0.258 e. The van der Waals surface area contributed by atoms with E-state index in [9.17, 15) is 20.2 Å². The van der Waals surface area contributed by atoms with Crippen LogP contribution in [0.4, 0.5) is 11.4 Å². The Labute approximate surface area is 131 Å². The van der Waals surface area contributed by atoms with Crippen LogP contribution in [0.5, 0.6) is 0 Å². The van der Waals surface area contributed by atoms with E-state index in [1.807, 2.05) is 0 Å². The second kappa shape index (κ2) is 7.71. The predicted octanol–water partition coefficient (Wildman–Crippen LogP) is 4.71. The van der Waals surface area contributed by atoms with E-state index in [1.165, 1.54) is 18.2 Å². The molecule has 0 atom stereocenters. The summed E-state index contributed by atoms with van der Waals surface area (Å²) >= 11 is 6.23. The van der Waals surface area contributed by atoms with Gasteiger partial charge in [0.15, 0.2) is 0 Å². The molecule has 0 saturated carbocycles. The Balaban J connectivity index is 0.000000200. The van der Waals surface area contributed by atoms with Crippen molar-refractivity contribution in [1.29, 1.82) is 0 Å². The third kappa shape index (κ3) is 5.06. The number of non-ortho nitro benzene ring substituents is 1. The molecule has 8 heteroatoms. The molecule has 0 aliphatic carbocycles. The highest BCUT2D eigenvalue weighted by Crippen LogP contribution is 2.22. The van der Waals surface area contributed by atoms with Crippen molar-refractivity contribution in [2.45, 2.75) is 0 Å². The van der Waals surface area contributed by atoms with Crippen molar-refractivity contribution in [2.24, 2.45) is 0 Å². The van der Waals surface area contributed by atoms with E-state index in [0.717, 1.165) is 4.47 Å². The topological polar surface area (TPSA) is 86.3 Å². The van der Waals surface area contributed by atoms with Crippen LogP contribution in [0.15, 0.2) is 57.5 Å². The molecule has 0 fully saturated rings. The van der Waals surface area contributed by atoms with Gasteiger partial charge in [0.1, 0.15) is 0 Å². The molecular weight excluding hydrogens is 396 g/mol. The van der Waals surface area contributed by atoms with Crippen LogP contribution in [0.1, 0.15) is 0 Å². The lowest BCUT2D eigenvalue weighted by Gasteiger charge is -1.91. The zero-order valence-corrected chi connectivity index (χ0v) is 13.1. The van der Waals surface area contributed by atoms with Crippen molar-refractivity contribution in [3.05, 3.63) is 77.7 Å². The Hall–Kier alpha value is -1.80. The lowest BCUT2D eigenvalue weighted by molar-refractivity contribution is -0.385. The molecule has 104 valence electrons. The molecule has 2 rings (SSSR count). The van der Waals surface area contributed by atoms with Crippen LogP contribution in [-0.2, 0) is 0 Å². The molecule has 0 N–H and O–H groups in total. The fourth-order valence-corrected chi connectivity index (χ4v) is 1.86. The predicted molar refractivity (Wildman–Crippen MR) is 81.6 cm³/mol. The number of hydrogen-bond acceptors (Lipinski definition) is 4. The van der Waals surface area contributed by atoms with Crippen LogP contribution in [0.2, 0.25) is 0 Å². The summed E-state index contributed by atoms with van der Waals surface area (Å²) < 4.78 is 1.36. The first-order chi connectivity index (χ1) is 9.41. The van der Waals surface area contributed by atoms with E-state index < -0.39 is 9.85 Å². The van der Waals surface area contributed by atoms with Crippen molar-refractivity contribution < 1.29 is 9.85 Å². The van der Waals surface area contributed by atoms with Gasteiger partial charge in [0.2, 0.25) is 0 Å². The largest absolute Gasteiger partial charge is 0.283 e. The van der Waals surface area contributed by atoms with Crippen LogP contribution in [0, 0.1) is 20.2 Å². The zero-order valence-electron chi connectivity index (χ0n) is 9.90. The zero-order chi connectivity index (χ0) is 15.1. The molecule has 2 aromatic carbocycles. The van der Waals surface area contributed by atoms with Gasteiger partial charge in [0, 0.05) is 22.7 Å². The third-order valence-electron chi connectivity index (χ3n) is 2.09. The van der Waals surface area contributed by atoms with Gasteiger partial charge in [0.05, 0.1) is 14.3 Å². The molecule has 0 unspecified atom stereocenters. The minimum atomic E-state index is -0.427. The van der Waals surface area contributed by atoms with Crippen molar-refractivity contribution in [1.82, 2.24) is 0 Å². The Bertz CT molecular complexity index is 617. The fraction of sp³-hybridized carbons (Fsp3) is 0. The van der Waals surface area contributed by atoms with Gasteiger partial charge in [-0.1, -0.05) is 28.1 Å². The summed E-state index contributed by atoms with van der Waals surface area (Å²) in [6, 6.07) is 12.6. The molecular formula is C12H8Br2N2O4. The minimum absolute atomic E-state index is 0.0995. The Kier molecular flexibility index (Phi) is 6.26. The first-order valence-electron chi connectivity index (χ1n) is 5.20. The molecule has 6 nitrogen and oxygen atoms in total. The molecule has 0 aliphatic rings. The summed E-state index contributed by atoms with van der Waals surface area (Å²) in [7, 11) is 0. The van der Waals surface area contributed by atoms with Gasteiger partial charge in [-0.3, -0.25) is 20.2 Å². The molecule has 0 radical (unpaired) electrons. The Morgan fingerprint density at radius 1 is 0.800 bits per heavy atom. The van der Waals surface area contributed by atoms with Crippen LogP contribution in [0.25, 0.3) is 0 Å². The second-order valence-electron chi connectivity index (χ2n) is 3.44. The number of nitro benzene ring substituents is 2. The maximum atomic E-state index is 10.2. The molecule has 0 aliphatic heterocycles. The number of benzene rings is 2. The van der Waals surface area contributed by atoms with Gasteiger partial charge < -0.3 is 0 Å². The highest BCUT2D eigenvalue weighted by atomic mass is 79.9. The van der Waals surface area contributed by atoms with E-state index >= 15 is 0 Å². The maximum Gasteiger partial charge on any atom is 0.283 e. The van der Waals surface area contributed by atoms with Crippen LogP contribution < -0.4 is 0 Å². The Morgan fingerprint density at radius 2 is 1.35 bits per heavy atom. The van der Waals surface area contributed by atoms with Gasteiger partial charge >= 0.3 is 0 Å². The molecule has 2 aromatic rings. The molecule has 0 bridgehead atoms. The van der Waals surface area contributed by atoms with Crippen LogP contribution >= 0.6 is 31.9 Å². The smallest absolute Gasteiger partial charge is 0.258 e. The molecule has 0 spiro atoms. The normalized spacial score (nSPS) is 9.30. The van der Waals surface area contributed by atoms with Crippen LogP contribution in [0.3, 0.4) is 0 Å². The Morgan fingerprint density at radius 3 is 1.75 bits per heavy atom. The number of nitrogens with zero attached hydrogens (tertiary/aromatic N) is 2. The lowest BCUT2D eigenvalue weighted by Crippen LogP contribution is -1.87.